The molecule has 1 aliphatic rings. The van der Waals surface area contributed by atoms with E-state index in [1.54, 1.807) is 18.0 Å². The number of carbonyl (C=O) groups is 1. The normalized spacial score (nSPS) is 15.9. The zero-order valence-corrected chi connectivity index (χ0v) is 10.4. The van der Waals surface area contributed by atoms with Gasteiger partial charge in [-0.1, -0.05) is 24.3 Å². The van der Waals surface area contributed by atoms with Crippen molar-refractivity contribution < 1.29 is 4.79 Å². The number of hydrogen-bond donors (Lipinski definition) is 1. The molecule has 0 atom stereocenters. The van der Waals surface area contributed by atoms with E-state index in [1.807, 2.05) is 28.7 Å². The third kappa shape index (κ3) is 2.71. The molecule has 0 bridgehead atoms. The summed E-state index contributed by atoms with van der Waals surface area (Å²) in [5.74, 6) is 0. The van der Waals surface area contributed by atoms with Gasteiger partial charge in [0, 0.05) is 34.5 Å². The number of allylic oxidation sites excluding steroid dienone is 2. The molecule has 0 amide bonds. The topological polar surface area (TPSA) is 46.3 Å². The molecule has 0 fully saturated rings. The highest BCUT2D eigenvalue weighted by Crippen LogP contribution is 2.29. The van der Waals surface area contributed by atoms with E-state index in [9.17, 15) is 4.79 Å². The van der Waals surface area contributed by atoms with Gasteiger partial charge in [-0.3, -0.25) is 4.79 Å². The molecule has 0 aliphatic carbocycles. The van der Waals surface area contributed by atoms with Crippen LogP contribution in [0.3, 0.4) is 0 Å². The van der Waals surface area contributed by atoms with Crippen LogP contribution in [0.2, 0.25) is 0 Å². The third-order valence-corrected chi connectivity index (χ3v) is 3.45. The first-order valence-corrected chi connectivity index (χ1v) is 6.11. The molecule has 0 unspecified atom stereocenters. The van der Waals surface area contributed by atoms with Crippen molar-refractivity contribution >= 4 is 29.5 Å². The molecule has 0 saturated heterocycles. The van der Waals surface area contributed by atoms with E-state index in [0.29, 0.717) is 11.3 Å². The standard InChI is InChI=1S/C13H14N2OS/c1-10-6-7-15(17-10)8-11(9-16)12-4-2-3-5-13(12)14/h2-6,8-9H,7,14H2,1H3/b11-8+. The van der Waals surface area contributed by atoms with Gasteiger partial charge in [-0.25, -0.2) is 0 Å². The molecule has 17 heavy (non-hydrogen) atoms. The summed E-state index contributed by atoms with van der Waals surface area (Å²) in [5, 5.41) is 0. The van der Waals surface area contributed by atoms with Gasteiger partial charge in [0.1, 0.15) is 0 Å². The summed E-state index contributed by atoms with van der Waals surface area (Å²) in [4.78, 5) is 12.4. The minimum Gasteiger partial charge on any atom is -0.398 e. The lowest BCUT2D eigenvalue weighted by molar-refractivity contribution is -0.103. The van der Waals surface area contributed by atoms with Gasteiger partial charge in [0.15, 0.2) is 6.29 Å². The number of nitrogens with zero attached hydrogens (tertiary/aromatic N) is 1. The molecule has 1 aromatic rings. The summed E-state index contributed by atoms with van der Waals surface area (Å²) in [6.07, 6.45) is 4.81. The van der Waals surface area contributed by atoms with Gasteiger partial charge in [-0.15, -0.1) is 0 Å². The molecule has 0 radical (unpaired) electrons. The minimum atomic E-state index is 0.610. The molecule has 2 rings (SSSR count). The van der Waals surface area contributed by atoms with E-state index in [2.05, 4.69) is 13.0 Å². The maximum Gasteiger partial charge on any atom is 0.152 e. The van der Waals surface area contributed by atoms with Gasteiger partial charge in [0.25, 0.3) is 0 Å². The fourth-order valence-corrected chi connectivity index (χ4v) is 2.47. The Morgan fingerprint density at radius 1 is 1.47 bits per heavy atom. The Morgan fingerprint density at radius 3 is 2.82 bits per heavy atom. The number of nitrogens with two attached hydrogens (primary N) is 1. The van der Waals surface area contributed by atoms with Crippen LogP contribution in [0, 0.1) is 0 Å². The van der Waals surface area contributed by atoms with E-state index in [0.717, 1.165) is 18.4 Å². The lowest BCUT2D eigenvalue weighted by Gasteiger charge is -2.13. The number of rotatable bonds is 3. The van der Waals surface area contributed by atoms with Crippen LogP contribution in [0.25, 0.3) is 5.57 Å². The second-order valence-corrected chi connectivity index (χ2v) is 5.09. The number of nitrogen functional groups attached to an aromatic ring is 1. The van der Waals surface area contributed by atoms with Crippen molar-refractivity contribution in [2.24, 2.45) is 0 Å². The van der Waals surface area contributed by atoms with Crippen molar-refractivity contribution in [3.63, 3.8) is 0 Å². The summed E-state index contributed by atoms with van der Waals surface area (Å²) in [6, 6.07) is 7.39. The smallest absolute Gasteiger partial charge is 0.152 e. The SMILES string of the molecule is CC1=CCN(/C=C(\C=O)c2ccccc2N)S1. The van der Waals surface area contributed by atoms with Gasteiger partial charge < -0.3 is 10.0 Å². The van der Waals surface area contributed by atoms with Gasteiger partial charge in [0.2, 0.25) is 0 Å². The second kappa shape index (κ2) is 5.10. The maximum atomic E-state index is 11.2. The second-order valence-electron chi connectivity index (χ2n) is 3.80. The molecule has 0 saturated carbocycles. The highest BCUT2D eigenvalue weighted by atomic mass is 32.2. The van der Waals surface area contributed by atoms with Crippen LogP contribution in [0.4, 0.5) is 5.69 Å². The zero-order chi connectivity index (χ0) is 12.3. The highest BCUT2D eigenvalue weighted by Gasteiger charge is 2.11. The summed E-state index contributed by atoms with van der Waals surface area (Å²) in [6.45, 7) is 2.87. The van der Waals surface area contributed by atoms with Crippen molar-refractivity contribution in [3.05, 3.63) is 47.0 Å². The summed E-state index contributed by atoms with van der Waals surface area (Å²) in [5.41, 5.74) is 7.88. The number of para-hydroxylation sites is 1. The molecule has 0 spiro atoms. The van der Waals surface area contributed by atoms with Crippen LogP contribution in [-0.2, 0) is 4.79 Å². The van der Waals surface area contributed by atoms with Crippen molar-refractivity contribution in [2.45, 2.75) is 6.92 Å². The monoisotopic (exact) mass is 246 g/mol. The quantitative estimate of drug-likeness (QED) is 0.385. The number of aldehydes is 1. The van der Waals surface area contributed by atoms with E-state index >= 15 is 0 Å². The fourth-order valence-electron chi connectivity index (χ4n) is 1.64. The molecule has 1 heterocycles. The molecule has 1 aromatic carbocycles. The molecule has 3 nitrogen and oxygen atoms in total. The Hall–Kier alpha value is -1.68. The predicted molar refractivity (Wildman–Crippen MR) is 72.9 cm³/mol. The average Bonchev–Trinajstić information content (AvgIpc) is 2.73. The Morgan fingerprint density at radius 2 is 2.24 bits per heavy atom. The number of carbonyl (C=O) groups excluding carboxylic acids is 1. The van der Waals surface area contributed by atoms with Gasteiger partial charge in [-0.2, -0.15) is 0 Å². The molecule has 88 valence electrons. The fraction of sp³-hybridized carbons (Fsp3) is 0.154. The van der Waals surface area contributed by atoms with Gasteiger partial charge in [-0.05, 0) is 24.9 Å². The van der Waals surface area contributed by atoms with E-state index in [4.69, 9.17) is 5.73 Å². The molecule has 2 N–H and O–H groups in total. The van der Waals surface area contributed by atoms with Crippen LogP contribution in [0.1, 0.15) is 12.5 Å². The first kappa shape index (κ1) is 11.8. The van der Waals surface area contributed by atoms with Crippen LogP contribution in [0.5, 0.6) is 0 Å². The van der Waals surface area contributed by atoms with Crippen LogP contribution < -0.4 is 5.73 Å². The van der Waals surface area contributed by atoms with Crippen molar-refractivity contribution in [1.82, 2.24) is 4.31 Å². The number of anilines is 1. The van der Waals surface area contributed by atoms with Crippen LogP contribution in [0.15, 0.2) is 41.4 Å². The van der Waals surface area contributed by atoms with Gasteiger partial charge >= 0.3 is 0 Å². The summed E-state index contributed by atoms with van der Waals surface area (Å²) < 4.78 is 2.02. The van der Waals surface area contributed by atoms with E-state index < -0.39 is 0 Å². The average molecular weight is 246 g/mol. The Balaban J connectivity index is 2.25. The highest BCUT2D eigenvalue weighted by molar-refractivity contribution is 8.01. The van der Waals surface area contributed by atoms with Crippen molar-refractivity contribution in [2.75, 3.05) is 12.3 Å². The molecular formula is C13H14N2OS. The lowest BCUT2D eigenvalue weighted by Crippen LogP contribution is -2.05. The van der Waals surface area contributed by atoms with Crippen LogP contribution >= 0.6 is 11.9 Å². The first-order valence-electron chi connectivity index (χ1n) is 5.34. The van der Waals surface area contributed by atoms with Crippen molar-refractivity contribution in [1.29, 1.82) is 0 Å². The molecule has 1 aliphatic heterocycles. The maximum absolute atomic E-state index is 11.2. The first-order chi connectivity index (χ1) is 8.20. The lowest BCUT2D eigenvalue weighted by atomic mass is 10.1. The molecular weight excluding hydrogens is 232 g/mol. The summed E-state index contributed by atoms with van der Waals surface area (Å²) >= 11 is 1.63. The Kier molecular flexibility index (Phi) is 3.54. The van der Waals surface area contributed by atoms with E-state index in [1.165, 1.54) is 4.91 Å². The van der Waals surface area contributed by atoms with Crippen LogP contribution in [-0.4, -0.2) is 17.1 Å². The summed E-state index contributed by atoms with van der Waals surface area (Å²) in [7, 11) is 0. The van der Waals surface area contributed by atoms with E-state index in [-0.39, 0.29) is 0 Å². The predicted octanol–water partition coefficient (Wildman–Crippen LogP) is 2.68. The van der Waals surface area contributed by atoms with Gasteiger partial charge in [0.05, 0.1) is 0 Å². The largest absolute Gasteiger partial charge is 0.398 e. The number of benzene rings is 1. The zero-order valence-electron chi connectivity index (χ0n) is 9.59. The number of hydrogen-bond acceptors (Lipinski definition) is 4. The Bertz CT molecular complexity index is 494. The minimum absolute atomic E-state index is 0.610. The Labute approximate surface area is 105 Å². The molecule has 4 heteroatoms. The third-order valence-electron chi connectivity index (χ3n) is 2.50. The van der Waals surface area contributed by atoms with Crippen molar-refractivity contribution in [3.8, 4) is 0 Å². The molecule has 0 aromatic heterocycles.